The van der Waals surface area contributed by atoms with Gasteiger partial charge in [0.15, 0.2) is 0 Å². The molecular formula is C9H19N. The summed E-state index contributed by atoms with van der Waals surface area (Å²) >= 11 is 0. The van der Waals surface area contributed by atoms with Crippen molar-refractivity contribution in [3.63, 3.8) is 0 Å². The van der Waals surface area contributed by atoms with E-state index >= 15 is 0 Å². The van der Waals surface area contributed by atoms with Crippen molar-refractivity contribution in [1.29, 1.82) is 0 Å². The normalized spacial score (nSPS) is 33.3. The molecule has 0 aromatic carbocycles. The summed E-state index contributed by atoms with van der Waals surface area (Å²) in [5.41, 5.74) is 0.805. The van der Waals surface area contributed by atoms with Crippen molar-refractivity contribution in [3.8, 4) is 0 Å². The molecule has 1 spiro atoms. The standard InChI is InChI=1S/C7H13N.C2H6/c1-6-4-7(2-3-7)5-8-6;1-2/h6,8H,2-5H2,1H3;1-2H3/t6-;/m0./s1. The maximum atomic E-state index is 3.47. The van der Waals surface area contributed by atoms with E-state index in [2.05, 4.69) is 12.2 Å². The number of nitrogens with one attached hydrogen (secondary N) is 1. The minimum Gasteiger partial charge on any atom is -0.314 e. The highest BCUT2D eigenvalue weighted by Crippen LogP contribution is 2.51. The summed E-state index contributed by atoms with van der Waals surface area (Å²) < 4.78 is 0. The van der Waals surface area contributed by atoms with E-state index in [0.717, 1.165) is 11.5 Å². The van der Waals surface area contributed by atoms with Gasteiger partial charge in [0.05, 0.1) is 0 Å². The molecule has 0 radical (unpaired) electrons. The van der Waals surface area contributed by atoms with Crippen LogP contribution in [0.5, 0.6) is 0 Å². The molecular weight excluding hydrogens is 122 g/mol. The Balaban J connectivity index is 0.000000231. The second kappa shape index (κ2) is 2.91. The first kappa shape index (κ1) is 8.06. The molecule has 10 heavy (non-hydrogen) atoms. The molecule has 1 nitrogen and oxygen atoms in total. The van der Waals surface area contributed by atoms with Crippen LogP contribution in [0.25, 0.3) is 0 Å². The fourth-order valence-corrected chi connectivity index (χ4v) is 1.74. The summed E-state index contributed by atoms with van der Waals surface area (Å²) in [6.07, 6.45) is 4.42. The Morgan fingerprint density at radius 3 is 2.10 bits per heavy atom. The van der Waals surface area contributed by atoms with Crippen molar-refractivity contribution in [2.45, 2.75) is 46.1 Å². The summed E-state index contributed by atoms with van der Waals surface area (Å²) in [5, 5.41) is 3.47. The summed E-state index contributed by atoms with van der Waals surface area (Å²) in [7, 11) is 0. The molecule has 1 aliphatic heterocycles. The van der Waals surface area contributed by atoms with Gasteiger partial charge in [-0.25, -0.2) is 0 Å². The van der Waals surface area contributed by atoms with Gasteiger partial charge in [-0.05, 0) is 31.6 Å². The topological polar surface area (TPSA) is 12.0 Å². The van der Waals surface area contributed by atoms with Crippen molar-refractivity contribution in [2.24, 2.45) is 5.41 Å². The van der Waals surface area contributed by atoms with Crippen LogP contribution in [0.4, 0.5) is 0 Å². The Morgan fingerprint density at radius 2 is 1.90 bits per heavy atom. The lowest BCUT2D eigenvalue weighted by molar-refractivity contribution is 0.557. The lowest BCUT2D eigenvalue weighted by Crippen LogP contribution is -2.16. The number of rotatable bonds is 0. The third kappa shape index (κ3) is 1.51. The van der Waals surface area contributed by atoms with Crippen molar-refractivity contribution in [2.75, 3.05) is 6.54 Å². The van der Waals surface area contributed by atoms with E-state index in [1.54, 1.807) is 0 Å². The fraction of sp³-hybridized carbons (Fsp3) is 1.00. The van der Waals surface area contributed by atoms with Gasteiger partial charge in [0.25, 0.3) is 0 Å². The highest BCUT2D eigenvalue weighted by atomic mass is 15.0. The van der Waals surface area contributed by atoms with E-state index in [1.165, 1.54) is 25.8 Å². The average molecular weight is 141 g/mol. The molecule has 0 amide bonds. The van der Waals surface area contributed by atoms with E-state index in [0.29, 0.717) is 0 Å². The minimum atomic E-state index is 0.803. The van der Waals surface area contributed by atoms with Crippen LogP contribution in [-0.2, 0) is 0 Å². The van der Waals surface area contributed by atoms with Crippen LogP contribution in [0, 0.1) is 5.41 Å². The van der Waals surface area contributed by atoms with Gasteiger partial charge in [0.2, 0.25) is 0 Å². The second-order valence-electron chi connectivity index (χ2n) is 3.49. The molecule has 1 heterocycles. The van der Waals surface area contributed by atoms with Crippen molar-refractivity contribution in [3.05, 3.63) is 0 Å². The van der Waals surface area contributed by atoms with Crippen molar-refractivity contribution >= 4 is 0 Å². The molecule has 0 bridgehead atoms. The summed E-state index contributed by atoms with van der Waals surface area (Å²) in [4.78, 5) is 0. The molecule has 0 aromatic heterocycles. The van der Waals surface area contributed by atoms with Gasteiger partial charge in [-0.3, -0.25) is 0 Å². The Hall–Kier alpha value is -0.0400. The minimum absolute atomic E-state index is 0.803. The molecule has 2 fully saturated rings. The van der Waals surface area contributed by atoms with Gasteiger partial charge in [-0.1, -0.05) is 13.8 Å². The van der Waals surface area contributed by atoms with Crippen LogP contribution in [0.1, 0.15) is 40.0 Å². The first-order chi connectivity index (χ1) is 4.81. The molecule has 1 aliphatic carbocycles. The number of hydrogen-bond acceptors (Lipinski definition) is 1. The van der Waals surface area contributed by atoms with Crippen LogP contribution in [-0.4, -0.2) is 12.6 Å². The maximum Gasteiger partial charge on any atom is 0.00447 e. The average Bonchev–Trinajstić information content (AvgIpc) is 2.60. The fourth-order valence-electron chi connectivity index (χ4n) is 1.74. The Labute approximate surface area is 64.2 Å². The Kier molecular flexibility index (Phi) is 2.35. The van der Waals surface area contributed by atoms with Crippen LogP contribution < -0.4 is 5.32 Å². The predicted octanol–water partition coefficient (Wildman–Crippen LogP) is 2.17. The third-order valence-corrected chi connectivity index (χ3v) is 2.52. The van der Waals surface area contributed by atoms with E-state index < -0.39 is 0 Å². The largest absolute Gasteiger partial charge is 0.314 e. The first-order valence-corrected chi connectivity index (χ1v) is 4.54. The Bertz CT molecular complexity index is 105. The maximum absolute atomic E-state index is 3.47. The molecule has 60 valence electrons. The SMILES string of the molecule is CC.C[C@H]1CC2(CC2)CN1. The first-order valence-electron chi connectivity index (χ1n) is 4.54. The van der Waals surface area contributed by atoms with Crippen LogP contribution in [0.15, 0.2) is 0 Å². The molecule has 1 saturated carbocycles. The van der Waals surface area contributed by atoms with E-state index in [1.807, 2.05) is 13.8 Å². The van der Waals surface area contributed by atoms with Gasteiger partial charge in [-0.15, -0.1) is 0 Å². The van der Waals surface area contributed by atoms with E-state index in [4.69, 9.17) is 0 Å². The lowest BCUT2D eigenvalue weighted by atomic mass is 10.0. The van der Waals surface area contributed by atoms with Gasteiger partial charge in [0, 0.05) is 12.6 Å². The molecule has 1 N–H and O–H groups in total. The predicted molar refractivity (Wildman–Crippen MR) is 45.1 cm³/mol. The van der Waals surface area contributed by atoms with Crippen LogP contribution >= 0.6 is 0 Å². The van der Waals surface area contributed by atoms with Crippen molar-refractivity contribution < 1.29 is 0 Å². The van der Waals surface area contributed by atoms with Crippen molar-refractivity contribution in [1.82, 2.24) is 5.32 Å². The monoisotopic (exact) mass is 141 g/mol. The van der Waals surface area contributed by atoms with Crippen LogP contribution in [0.3, 0.4) is 0 Å². The zero-order valence-corrected chi connectivity index (χ0v) is 7.41. The molecule has 2 aliphatic rings. The summed E-state index contributed by atoms with van der Waals surface area (Å²) in [6, 6.07) is 0.803. The Morgan fingerprint density at radius 1 is 1.30 bits per heavy atom. The quantitative estimate of drug-likeness (QED) is 0.545. The molecule has 1 atom stereocenters. The highest BCUT2D eigenvalue weighted by Gasteiger charge is 2.46. The molecule has 2 rings (SSSR count). The summed E-state index contributed by atoms with van der Waals surface area (Å²) in [6.45, 7) is 7.58. The second-order valence-corrected chi connectivity index (χ2v) is 3.49. The third-order valence-electron chi connectivity index (χ3n) is 2.52. The molecule has 1 heteroatoms. The zero-order valence-electron chi connectivity index (χ0n) is 7.41. The van der Waals surface area contributed by atoms with Gasteiger partial charge < -0.3 is 5.32 Å². The lowest BCUT2D eigenvalue weighted by Gasteiger charge is -1.99. The van der Waals surface area contributed by atoms with Gasteiger partial charge >= 0.3 is 0 Å². The highest BCUT2D eigenvalue weighted by molar-refractivity contribution is 5.01. The molecule has 0 aromatic rings. The van der Waals surface area contributed by atoms with E-state index in [9.17, 15) is 0 Å². The van der Waals surface area contributed by atoms with Crippen LogP contribution in [0.2, 0.25) is 0 Å². The molecule has 1 saturated heterocycles. The van der Waals surface area contributed by atoms with Gasteiger partial charge in [-0.2, -0.15) is 0 Å². The number of hydrogen-bond donors (Lipinski definition) is 1. The smallest absolute Gasteiger partial charge is 0.00447 e. The molecule has 0 unspecified atom stereocenters. The zero-order chi connectivity index (χ0) is 7.61. The van der Waals surface area contributed by atoms with Gasteiger partial charge in [0.1, 0.15) is 0 Å². The summed E-state index contributed by atoms with van der Waals surface area (Å²) in [5.74, 6) is 0. The van der Waals surface area contributed by atoms with E-state index in [-0.39, 0.29) is 0 Å².